The van der Waals surface area contributed by atoms with E-state index in [4.69, 9.17) is 16.1 Å². The molecule has 0 radical (unpaired) electrons. The Morgan fingerprint density at radius 3 is 2.65 bits per heavy atom. The highest BCUT2D eigenvalue weighted by atomic mass is 35.5. The molecular formula is C17H11ClF3N3O2. The minimum atomic E-state index is -1.70. The Kier molecular flexibility index (Phi) is 5.22. The first-order chi connectivity index (χ1) is 12.5. The summed E-state index contributed by atoms with van der Waals surface area (Å²) < 4.78 is 44.7. The summed E-state index contributed by atoms with van der Waals surface area (Å²) in [4.78, 5) is 16.0. The van der Waals surface area contributed by atoms with Gasteiger partial charge in [0.05, 0.1) is 10.6 Å². The van der Waals surface area contributed by atoms with Crippen molar-refractivity contribution in [3.8, 4) is 11.4 Å². The summed E-state index contributed by atoms with van der Waals surface area (Å²) in [6.45, 7) is 0.0292. The monoisotopic (exact) mass is 381 g/mol. The average Bonchev–Trinajstić information content (AvgIpc) is 3.08. The van der Waals surface area contributed by atoms with E-state index in [2.05, 4.69) is 15.5 Å². The van der Waals surface area contributed by atoms with E-state index in [0.717, 1.165) is 6.07 Å². The van der Waals surface area contributed by atoms with E-state index in [9.17, 15) is 18.0 Å². The Morgan fingerprint density at radius 2 is 1.88 bits per heavy atom. The zero-order valence-corrected chi connectivity index (χ0v) is 13.9. The van der Waals surface area contributed by atoms with Gasteiger partial charge < -0.3 is 9.84 Å². The summed E-state index contributed by atoms with van der Waals surface area (Å²) in [6.07, 6.45) is 0.161. The van der Waals surface area contributed by atoms with Crippen LogP contribution in [0.15, 0.2) is 40.9 Å². The fourth-order valence-corrected chi connectivity index (χ4v) is 2.41. The van der Waals surface area contributed by atoms with E-state index in [0.29, 0.717) is 22.5 Å². The number of nitrogens with zero attached hydrogens (tertiary/aromatic N) is 2. The van der Waals surface area contributed by atoms with Gasteiger partial charge in [-0.05, 0) is 24.3 Å². The number of carbonyl (C=O) groups excluding carboxylic acids is 1. The molecule has 3 aromatic rings. The Hall–Kier alpha value is -2.87. The van der Waals surface area contributed by atoms with E-state index in [-0.39, 0.29) is 18.9 Å². The second kappa shape index (κ2) is 7.57. The molecule has 9 heteroatoms. The Labute approximate surface area is 150 Å². The maximum atomic E-state index is 13.6. The van der Waals surface area contributed by atoms with Gasteiger partial charge in [-0.25, -0.2) is 13.2 Å². The topological polar surface area (TPSA) is 68.0 Å². The average molecular weight is 382 g/mol. The molecule has 3 rings (SSSR count). The van der Waals surface area contributed by atoms with Crippen LogP contribution in [0.1, 0.15) is 16.2 Å². The lowest BCUT2D eigenvalue weighted by atomic mass is 10.2. The van der Waals surface area contributed by atoms with Crippen LogP contribution in [0.3, 0.4) is 0 Å². The van der Waals surface area contributed by atoms with Crippen LogP contribution < -0.4 is 5.32 Å². The summed E-state index contributed by atoms with van der Waals surface area (Å²) in [6, 6.07) is 8.49. The fraction of sp³-hybridized carbons (Fsp3) is 0.118. The van der Waals surface area contributed by atoms with Crippen molar-refractivity contribution in [3.63, 3.8) is 0 Å². The van der Waals surface area contributed by atoms with Gasteiger partial charge in [0.2, 0.25) is 11.7 Å². The molecule has 0 aliphatic rings. The van der Waals surface area contributed by atoms with Gasteiger partial charge in [0.1, 0.15) is 0 Å². The lowest BCUT2D eigenvalue weighted by molar-refractivity contribution is 0.0948. The van der Waals surface area contributed by atoms with Crippen molar-refractivity contribution >= 4 is 17.5 Å². The smallest absolute Gasteiger partial charge is 0.254 e. The number of amides is 1. The zero-order chi connectivity index (χ0) is 18.7. The third-order valence-electron chi connectivity index (χ3n) is 3.49. The van der Waals surface area contributed by atoms with Gasteiger partial charge in [0.15, 0.2) is 17.5 Å². The fourth-order valence-electron chi connectivity index (χ4n) is 2.19. The van der Waals surface area contributed by atoms with Crippen molar-refractivity contribution in [1.82, 2.24) is 15.5 Å². The van der Waals surface area contributed by atoms with Gasteiger partial charge in [-0.2, -0.15) is 4.98 Å². The van der Waals surface area contributed by atoms with Gasteiger partial charge in [0, 0.05) is 18.5 Å². The van der Waals surface area contributed by atoms with Gasteiger partial charge in [-0.1, -0.05) is 28.9 Å². The molecule has 0 saturated carbocycles. The third kappa shape index (κ3) is 3.70. The van der Waals surface area contributed by atoms with Crippen LogP contribution in [0.25, 0.3) is 11.4 Å². The minimum absolute atomic E-state index is 0.0292. The maximum absolute atomic E-state index is 13.6. The van der Waals surface area contributed by atoms with Crippen molar-refractivity contribution < 1.29 is 22.5 Å². The van der Waals surface area contributed by atoms with Crippen LogP contribution in [-0.4, -0.2) is 22.6 Å². The zero-order valence-electron chi connectivity index (χ0n) is 13.1. The molecular weight excluding hydrogens is 371 g/mol. The number of hydrogen-bond donors (Lipinski definition) is 1. The lowest BCUT2D eigenvalue weighted by Gasteiger charge is -2.05. The van der Waals surface area contributed by atoms with Crippen molar-refractivity contribution in [2.45, 2.75) is 6.42 Å². The molecule has 0 bridgehead atoms. The first-order valence-electron chi connectivity index (χ1n) is 7.46. The number of nitrogens with one attached hydrogen (secondary N) is 1. The summed E-state index contributed by atoms with van der Waals surface area (Å²) in [7, 11) is 0. The highest BCUT2D eigenvalue weighted by molar-refractivity contribution is 6.33. The van der Waals surface area contributed by atoms with Crippen molar-refractivity contribution in [2.24, 2.45) is 0 Å². The molecule has 0 atom stereocenters. The second-order valence-electron chi connectivity index (χ2n) is 5.22. The summed E-state index contributed by atoms with van der Waals surface area (Å²) >= 11 is 6.05. The predicted octanol–water partition coefficient (Wildman–Crippen LogP) is 3.78. The molecule has 0 unspecified atom stereocenters. The first-order valence-corrected chi connectivity index (χ1v) is 7.84. The quantitative estimate of drug-likeness (QED) is 0.683. The molecule has 5 nitrogen and oxygen atoms in total. The molecule has 1 N–H and O–H groups in total. The molecule has 0 aliphatic carbocycles. The molecule has 2 aromatic carbocycles. The van der Waals surface area contributed by atoms with E-state index in [1.807, 2.05) is 0 Å². The van der Waals surface area contributed by atoms with Gasteiger partial charge in [-0.3, -0.25) is 4.79 Å². The highest BCUT2D eigenvalue weighted by Crippen LogP contribution is 2.24. The van der Waals surface area contributed by atoms with Gasteiger partial charge in [-0.15, -0.1) is 0 Å². The molecule has 26 heavy (non-hydrogen) atoms. The molecule has 134 valence electrons. The van der Waals surface area contributed by atoms with Crippen molar-refractivity contribution in [3.05, 3.63) is 70.3 Å². The minimum Gasteiger partial charge on any atom is -0.351 e. The van der Waals surface area contributed by atoms with Crippen LogP contribution in [0.2, 0.25) is 5.02 Å². The van der Waals surface area contributed by atoms with E-state index < -0.39 is 28.9 Å². The van der Waals surface area contributed by atoms with Crippen LogP contribution >= 0.6 is 11.6 Å². The van der Waals surface area contributed by atoms with Crippen molar-refractivity contribution in [1.29, 1.82) is 0 Å². The van der Waals surface area contributed by atoms with E-state index in [1.54, 1.807) is 24.3 Å². The normalized spacial score (nSPS) is 10.8. The van der Waals surface area contributed by atoms with Crippen LogP contribution in [0.5, 0.6) is 0 Å². The number of aromatic nitrogens is 2. The lowest BCUT2D eigenvalue weighted by Crippen LogP contribution is -2.27. The standard InChI is InChI=1S/C17H11ClF3N3O2/c18-11-4-2-1-3-9(11)16-23-13(26-24-16)7-8-22-17(25)10-5-6-12(19)15(21)14(10)20/h1-6H,7-8H2,(H,22,25). The molecule has 1 aromatic heterocycles. The van der Waals surface area contributed by atoms with Gasteiger partial charge >= 0.3 is 0 Å². The summed E-state index contributed by atoms with van der Waals surface area (Å²) in [5, 5.41) is 6.64. The highest BCUT2D eigenvalue weighted by Gasteiger charge is 2.19. The molecule has 1 amide bonds. The Balaban J connectivity index is 1.62. The Bertz CT molecular complexity index is 962. The third-order valence-corrected chi connectivity index (χ3v) is 3.82. The first kappa shape index (κ1) is 17.9. The number of hydrogen-bond acceptors (Lipinski definition) is 4. The van der Waals surface area contributed by atoms with E-state index >= 15 is 0 Å². The van der Waals surface area contributed by atoms with Crippen molar-refractivity contribution in [2.75, 3.05) is 6.54 Å². The van der Waals surface area contributed by atoms with Gasteiger partial charge in [0.25, 0.3) is 5.91 Å². The second-order valence-corrected chi connectivity index (χ2v) is 5.63. The molecule has 0 spiro atoms. The molecule has 0 saturated heterocycles. The van der Waals surface area contributed by atoms with Crippen LogP contribution in [0, 0.1) is 17.5 Å². The van der Waals surface area contributed by atoms with E-state index in [1.165, 1.54) is 0 Å². The maximum Gasteiger partial charge on any atom is 0.254 e. The molecule has 1 heterocycles. The largest absolute Gasteiger partial charge is 0.351 e. The summed E-state index contributed by atoms with van der Waals surface area (Å²) in [5.41, 5.74) is 0.00301. The Morgan fingerprint density at radius 1 is 1.12 bits per heavy atom. The predicted molar refractivity (Wildman–Crippen MR) is 87.1 cm³/mol. The van der Waals surface area contributed by atoms with Crippen LogP contribution in [0.4, 0.5) is 13.2 Å². The SMILES string of the molecule is O=C(NCCc1nc(-c2ccccc2Cl)no1)c1ccc(F)c(F)c1F. The number of rotatable bonds is 5. The molecule has 0 fully saturated rings. The molecule has 0 aliphatic heterocycles. The number of carbonyl (C=O) groups is 1. The van der Waals surface area contributed by atoms with Crippen LogP contribution in [-0.2, 0) is 6.42 Å². The number of halogens is 4. The number of benzene rings is 2. The summed E-state index contributed by atoms with van der Waals surface area (Å²) in [5.74, 6) is -4.96.